The fourth-order valence-corrected chi connectivity index (χ4v) is 3.03. The molecule has 4 N–H and O–H groups in total. The number of morpholine rings is 1. The highest BCUT2D eigenvalue weighted by atomic mass is 16.5. The predicted octanol–water partition coefficient (Wildman–Crippen LogP) is 2.30. The molecule has 0 radical (unpaired) electrons. The summed E-state index contributed by atoms with van der Waals surface area (Å²) in [5.74, 6) is 1.60. The predicted molar refractivity (Wildman–Crippen MR) is 117 cm³/mol. The number of ether oxygens (including phenoxy) is 2. The van der Waals surface area contributed by atoms with Crippen molar-refractivity contribution in [1.82, 2.24) is 15.0 Å². The van der Waals surface area contributed by atoms with Crippen molar-refractivity contribution in [3.8, 4) is 5.75 Å². The fourth-order valence-electron chi connectivity index (χ4n) is 3.03. The lowest BCUT2D eigenvalue weighted by atomic mass is 10.2. The van der Waals surface area contributed by atoms with E-state index in [0.717, 1.165) is 17.1 Å². The van der Waals surface area contributed by atoms with Crippen LogP contribution in [0, 0.1) is 0 Å². The van der Waals surface area contributed by atoms with Crippen LogP contribution in [0.4, 0.5) is 29.2 Å². The molecule has 1 aliphatic heterocycles. The van der Waals surface area contributed by atoms with Crippen molar-refractivity contribution in [2.45, 2.75) is 0 Å². The minimum atomic E-state index is -0.479. The lowest BCUT2D eigenvalue weighted by Gasteiger charge is -2.27. The number of nitrogens with zero attached hydrogens (tertiary/aromatic N) is 4. The highest BCUT2D eigenvalue weighted by Crippen LogP contribution is 2.22. The van der Waals surface area contributed by atoms with Gasteiger partial charge >= 0.3 is 0 Å². The number of nitrogens with one attached hydrogen (secondary N) is 2. The van der Waals surface area contributed by atoms with Crippen molar-refractivity contribution in [3.05, 3.63) is 54.1 Å². The third-order valence-electron chi connectivity index (χ3n) is 4.69. The average molecular weight is 421 g/mol. The maximum absolute atomic E-state index is 11.3. The van der Waals surface area contributed by atoms with Crippen LogP contribution in [0.3, 0.4) is 0 Å². The second kappa shape index (κ2) is 9.26. The third-order valence-corrected chi connectivity index (χ3v) is 4.69. The van der Waals surface area contributed by atoms with Gasteiger partial charge in [0.05, 0.1) is 20.3 Å². The molecular weight excluding hydrogens is 398 g/mol. The van der Waals surface area contributed by atoms with Crippen LogP contribution < -0.4 is 26.0 Å². The van der Waals surface area contributed by atoms with Gasteiger partial charge in [0, 0.05) is 30.0 Å². The standard InChI is InChI=1S/C21H23N7O3/c1-30-17-8-6-16(7-9-17)24-20-25-19(23-15-4-2-14(3-5-15)18(22)29)26-21(27-20)28-10-12-31-13-11-28/h2-9H,10-13H2,1H3,(H2,22,29)(H2,23,24,25,26,27). The SMILES string of the molecule is COc1ccc(Nc2nc(Nc3ccc(C(N)=O)cc3)nc(N3CCOCC3)n2)cc1. The molecule has 1 aromatic heterocycles. The average Bonchev–Trinajstić information content (AvgIpc) is 2.80. The van der Waals surface area contributed by atoms with Gasteiger partial charge in [-0.05, 0) is 48.5 Å². The minimum Gasteiger partial charge on any atom is -0.497 e. The maximum Gasteiger partial charge on any atom is 0.248 e. The first kappa shape index (κ1) is 20.4. The summed E-state index contributed by atoms with van der Waals surface area (Å²) < 4.78 is 10.6. The Kier molecular flexibility index (Phi) is 6.08. The topological polar surface area (TPSA) is 128 Å². The van der Waals surface area contributed by atoms with Crippen LogP contribution in [0.2, 0.25) is 0 Å². The summed E-state index contributed by atoms with van der Waals surface area (Å²) in [6.45, 7) is 2.62. The van der Waals surface area contributed by atoms with Gasteiger partial charge in [-0.3, -0.25) is 4.79 Å². The normalized spacial score (nSPS) is 13.5. The van der Waals surface area contributed by atoms with Crippen LogP contribution in [0.5, 0.6) is 5.75 Å². The van der Waals surface area contributed by atoms with E-state index in [4.69, 9.17) is 15.2 Å². The van der Waals surface area contributed by atoms with Gasteiger partial charge < -0.3 is 30.7 Å². The molecule has 0 bridgehead atoms. The van der Waals surface area contributed by atoms with E-state index in [1.165, 1.54) is 0 Å². The molecule has 0 aliphatic carbocycles. The number of primary amides is 1. The van der Waals surface area contributed by atoms with Crippen LogP contribution in [0.15, 0.2) is 48.5 Å². The molecule has 0 saturated carbocycles. The number of methoxy groups -OCH3 is 1. The molecule has 0 atom stereocenters. The van der Waals surface area contributed by atoms with Crippen molar-refractivity contribution in [3.63, 3.8) is 0 Å². The molecule has 1 fully saturated rings. The largest absolute Gasteiger partial charge is 0.497 e. The number of hydrogen-bond acceptors (Lipinski definition) is 9. The van der Waals surface area contributed by atoms with E-state index in [9.17, 15) is 4.79 Å². The van der Waals surface area contributed by atoms with E-state index in [-0.39, 0.29) is 0 Å². The lowest BCUT2D eigenvalue weighted by molar-refractivity contribution is 0.100. The Balaban J connectivity index is 1.60. The molecule has 2 heterocycles. The number of aromatic nitrogens is 3. The molecule has 0 unspecified atom stereocenters. The van der Waals surface area contributed by atoms with Crippen LogP contribution in [-0.4, -0.2) is 54.3 Å². The first-order valence-electron chi connectivity index (χ1n) is 9.77. The lowest BCUT2D eigenvalue weighted by Crippen LogP contribution is -2.37. The molecule has 10 heteroatoms. The van der Waals surface area contributed by atoms with E-state index < -0.39 is 5.91 Å². The second-order valence-electron chi connectivity index (χ2n) is 6.80. The van der Waals surface area contributed by atoms with Gasteiger partial charge in [0.15, 0.2) is 0 Å². The molecule has 1 saturated heterocycles. The van der Waals surface area contributed by atoms with Crippen molar-refractivity contribution >= 4 is 35.1 Å². The monoisotopic (exact) mass is 421 g/mol. The Bertz CT molecular complexity index is 1040. The van der Waals surface area contributed by atoms with Crippen molar-refractivity contribution in [1.29, 1.82) is 0 Å². The quantitative estimate of drug-likeness (QED) is 0.526. The van der Waals surface area contributed by atoms with E-state index >= 15 is 0 Å². The molecule has 3 aromatic rings. The van der Waals surface area contributed by atoms with Crippen molar-refractivity contribution in [2.75, 3.05) is 48.9 Å². The van der Waals surface area contributed by atoms with E-state index in [1.807, 2.05) is 29.2 Å². The molecule has 31 heavy (non-hydrogen) atoms. The summed E-state index contributed by atoms with van der Waals surface area (Å²) in [5.41, 5.74) is 7.27. The van der Waals surface area contributed by atoms with E-state index in [0.29, 0.717) is 49.7 Å². The number of nitrogens with two attached hydrogens (primary N) is 1. The van der Waals surface area contributed by atoms with Gasteiger partial charge in [0.1, 0.15) is 5.75 Å². The molecule has 1 amide bonds. The molecule has 4 rings (SSSR count). The van der Waals surface area contributed by atoms with E-state index in [1.54, 1.807) is 31.4 Å². The van der Waals surface area contributed by atoms with Gasteiger partial charge in [-0.2, -0.15) is 15.0 Å². The Hall–Kier alpha value is -3.92. The summed E-state index contributed by atoms with van der Waals surface area (Å²) in [5, 5.41) is 6.37. The van der Waals surface area contributed by atoms with Crippen LogP contribution in [0.1, 0.15) is 10.4 Å². The van der Waals surface area contributed by atoms with Gasteiger partial charge in [-0.1, -0.05) is 0 Å². The molecule has 0 spiro atoms. The van der Waals surface area contributed by atoms with Crippen LogP contribution in [-0.2, 0) is 4.74 Å². The third kappa shape index (κ3) is 5.17. The number of carbonyl (C=O) groups excluding carboxylic acids is 1. The zero-order valence-electron chi connectivity index (χ0n) is 17.0. The minimum absolute atomic E-state index is 0.374. The Morgan fingerprint density at radius 2 is 1.48 bits per heavy atom. The first-order chi connectivity index (χ1) is 15.1. The molecule has 160 valence electrons. The van der Waals surface area contributed by atoms with Gasteiger partial charge in [-0.15, -0.1) is 0 Å². The Labute approximate surface area is 179 Å². The Morgan fingerprint density at radius 3 is 2.00 bits per heavy atom. The summed E-state index contributed by atoms with van der Waals surface area (Å²) in [7, 11) is 1.62. The number of amides is 1. The van der Waals surface area contributed by atoms with Gasteiger partial charge in [-0.25, -0.2) is 0 Å². The van der Waals surface area contributed by atoms with Crippen molar-refractivity contribution < 1.29 is 14.3 Å². The zero-order valence-corrected chi connectivity index (χ0v) is 17.0. The smallest absolute Gasteiger partial charge is 0.248 e. The number of anilines is 5. The van der Waals surface area contributed by atoms with Gasteiger partial charge in [0.25, 0.3) is 0 Å². The summed E-state index contributed by atoms with van der Waals surface area (Å²) in [6, 6.07) is 14.2. The van der Waals surface area contributed by atoms with Crippen LogP contribution >= 0.6 is 0 Å². The zero-order chi connectivity index (χ0) is 21.6. The highest BCUT2D eigenvalue weighted by Gasteiger charge is 2.17. The Morgan fingerprint density at radius 1 is 0.935 bits per heavy atom. The number of carbonyl (C=O) groups is 1. The van der Waals surface area contributed by atoms with Crippen molar-refractivity contribution in [2.24, 2.45) is 5.73 Å². The first-order valence-corrected chi connectivity index (χ1v) is 9.77. The summed E-state index contributed by atoms with van der Waals surface area (Å²) >= 11 is 0. The summed E-state index contributed by atoms with van der Waals surface area (Å²) in [6.07, 6.45) is 0. The molecule has 2 aromatic carbocycles. The molecule has 1 aliphatic rings. The maximum atomic E-state index is 11.3. The fraction of sp³-hybridized carbons (Fsp3) is 0.238. The number of hydrogen-bond donors (Lipinski definition) is 3. The van der Waals surface area contributed by atoms with Gasteiger partial charge in [0.2, 0.25) is 23.8 Å². The summed E-state index contributed by atoms with van der Waals surface area (Å²) in [4.78, 5) is 27.0. The van der Waals surface area contributed by atoms with Crippen LogP contribution in [0.25, 0.3) is 0 Å². The molecule has 10 nitrogen and oxygen atoms in total. The van der Waals surface area contributed by atoms with E-state index in [2.05, 4.69) is 25.6 Å². The second-order valence-corrected chi connectivity index (χ2v) is 6.80. The number of benzene rings is 2. The molecular formula is C21H23N7O3. The highest BCUT2D eigenvalue weighted by molar-refractivity contribution is 5.93. The number of rotatable bonds is 7.